The molecule has 94 valence electrons. The Labute approximate surface area is 97.7 Å². The van der Waals surface area contributed by atoms with Gasteiger partial charge >= 0.3 is 5.97 Å². The normalized spacial score (nSPS) is 19.9. The predicted octanol–water partition coefficient (Wildman–Crippen LogP) is 1.34. The smallest absolute Gasteiger partial charge is 0.309 e. The molecule has 16 heavy (non-hydrogen) atoms. The highest BCUT2D eigenvalue weighted by atomic mass is 16.5. The van der Waals surface area contributed by atoms with Crippen LogP contribution in [-0.4, -0.2) is 38.4 Å². The van der Waals surface area contributed by atoms with Crippen molar-refractivity contribution in [3.63, 3.8) is 0 Å². The number of carbonyl (C=O) groups is 1. The first-order valence-electron chi connectivity index (χ1n) is 6.06. The molecule has 0 bridgehead atoms. The fourth-order valence-electron chi connectivity index (χ4n) is 1.91. The van der Waals surface area contributed by atoms with Gasteiger partial charge in [-0.05, 0) is 26.2 Å². The first-order valence-corrected chi connectivity index (χ1v) is 6.06. The van der Waals surface area contributed by atoms with Crippen LogP contribution in [0.2, 0.25) is 0 Å². The summed E-state index contributed by atoms with van der Waals surface area (Å²) in [6.45, 7) is 5.64. The molecule has 0 heterocycles. The van der Waals surface area contributed by atoms with Gasteiger partial charge in [-0.25, -0.2) is 0 Å². The van der Waals surface area contributed by atoms with Gasteiger partial charge in [-0.1, -0.05) is 6.92 Å². The van der Waals surface area contributed by atoms with Gasteiger partial charge in [0.25, 0.3) is 0 Å². The fraction of sp³-hybridized carbons (Fsp3) is 0.917. The average Bonchev–Trinajstić information content (AvgIpc) is 2.22. The third-order valence-corrected chi connectivity index (χ3v) is 3.28. The Morgan fingerprint density at radius 2 is 2.19 bits per heavy atom. The van der Waals surface area contributed by atoms with Crippen LogP contribution in [-0.2, 0) is 14.3 Å². The van der Waals surface area contributed by atoms with Gasteiger partial charge in [0, 0.05) is 20.2 Å². The lowest BCUT2D eigenvalue weighted by Gasteiger charge is -2.40. The summed E-state index contributed by atoms with van der Waals surface area (Å²) in [6, 6.07) is 0. The molecular weight excluding hydrogens is 206 g/mol. The Bertz CT molecular complexity index is 221. The Morgan fingerprint density at radius 1 is 1.50 bits per heavy atom. The van der Waals surface area contributed by atoms with Crippen LogP contribution in [0.4, 0.5) is 0 Å². The van der Waals surface area contributed by atoms with E-state index >= 15 is 0 Å². The van der Waals surface area contributed by atoms with Crippen molar-refractivity contribution in [2.75, 3.05) is 26.8 Å². The largest absolute Gasteiger partial charge is 0.466 e. The van der Waals surface area contributed by atoms with Crippen molar-refractivity contribution in [1.29, 1.82) is 0 Å². The van der Waals surface area contributed by atoms with Crippen molar-refractivity contribution in [3.05, 3.63) is 0 Å². The molecular formula is C12H23NO3. The molecule has 4 nitrogen and oxygen atoms in total. The van der Waals surface area contributed by atoms with Gasteiger partial charge in [-0.2, -0.15) is 0 Å². The van der Waals surface area contributed by atoms with Crippen LogP contribution < -0.4 is 5.32 Å². The second kappa shape index (κ2) is 6.21. The van der Waals surface area contributed by atoms with Gasteiger partial charge in [-0.15, -0.1) is 0 Å². The predicted molar refractivity (Wildman–Crippen MR) is 62.3 cm³/mol. The van der Waals surface area contributed by atoms with Crippen LogP contribution in [0.5, 0.6) is 0 Å². The second-order valence-electron chi connectivity index (χ2n) is 4.52. The van der Waals surface area contributed by atoms with E-state index in [9.17, 15) is 4.79 Å². The minimum atomic E-state index is -0.130. The molecule has 4 heteroatoms. The molecule has 1 atom stereocenters. The number of carbonyl (C=O) groups excluding carboxylic acids is 1. The van der Waals surface area contributed by atoms with E-state index in [4.69, 9.17) is 9.47 Å². The molecule has 1 aliphatic rings. The lowest BCUT2D eigenvalue weighted by Crippen LogP contribution is -2.49. The van der Waals surface area contributed by atoms with Gasteiger partial charge in [0.1, 0.15) is 0 Å². The molecule has 0 aromatic carbocycles. The summed E-state index contributed by atoms with van der Waals surface area (Å²) < 4.78 is 10.4. The molecule has 0 aromatic rings. The highest BCUT2D eigenvalue weighted by Crippen LogP contribution is 2.34. The minimum Gasteiger partial charge on any atom is -0.466 e. The van der Waals surface area contributed by atoms with E-state index in [1.165, 1.54) is 6.42 Å². The Morgan fingerprint density at radius 3 is 2.62 bits per heavy atom. The standard InChI is InChI=1S/C12H23NO3/c1-4-16-11(14)10(2)8-13-9-12(15-3)6-5-7-12/h10,13H,4-9H2,1-3H3. The van der Waals surface area contributed by atoms with E-state index in [-0.39, 0.29) is 17.5 Å². The number of rotatable bonds is 7. The molecule has 0 aliphatic heterocycles. The average molecular weight is 229 g/mol. The van der Waals surface area contributed by atoms with Crippen molar-refractivity contribution >= 4 is 5.97 Å². The number of hydrogen-bond donors (Lipinski definition) is 1. The Kier molecular flexibility index (Phi) is 5.22. The monoisotopic (exact) mass is 229 g/mol. The van der Waals surface area contributed by atoms with Crippen LogP contribution in [0.3, 0.4) is 0 Å². The zero-order valence-corrected chi connectivity index (χ0v) is 10.5. The van der Waals surface area contributed by atoms with Gasteiger partial charge in [0.05, 0.1) is 18.1 Å². The lowest BCUT2D eigenvalue weighted by molar-refractivity contribution is -0.147. The summed E-state index contributed by atoms with van der Waals surface area (Å²) in [7, 11) is 1.76. The van der Waals surface area contributed by atoms with E-state index in [2.05, 4.69) is 5.32 Å². The molecule has 1 aliphatic carbocycles. The zero-order chi connectivity index (χ0) is 12.0. The van der Waals surface area contributed by atoms with Gasteiger partial charge < -0.3 is 14.8 Å². The quantitative estimate of drug-likeness (QED) is 0.669. The molecule has 1 rings (SSSR count). The molecule has 1 N–H and O–H groups in total. The van der Waals surface area contributed by atoms with Crippen LogP contribution >= 0.6 is 0 Å². The number of nitrogens with one attached hydrogen (secondary N) is 1. The van der Waals surface area contributed by atoms with Crippen LogP contribution in [0.15, 0.2) is 0 Å². The van der Waals surface area contributed by atoms with Crippen molar-refractivity contribution in [2.45, 2.75) is 38.7 Å². The van der Waals surface area contributed by atoms with E-state index in [1.54, 1.807) is 7.11 Å². The van der Waals surface area contributed by atoms with Crippen molar-refractivity contribution in [3.8, 4) is 0 Å². The van der Waals surface area contributed by atoms with Gasteiger partial charge in [0.2, 0.25) is 0 Å². The maximum atomic E-state index is 11.4. The van der Waals surface area contributed by atoms with Crippen LogP contribution in [0.1, 0.15) is 33.1 Å². The minimum absolute atomic E-state index is 0.0222. The third kappa shape index (κ3) is 3.46. The summed E-state index contributed by atoms with van der Waals surface area (Å²) in [6.07, 6.45) is 3.47. The lowest BCUT2D eigenvalue weighted by atomic mass is 9.80. The van der Waals surface area contributed by atoms with Crippen LogP contribution in [0, 0.1) is 5.92 Å². The zero-order valence-electron chi connectivity index (χ0n) is 10.5. The Balaban J connectivity index is 2.17. The Hall–Kier alpha value is -0.610. The van der Waals surface area contributed by atoms with E-state index < -0.39 is 0 Å². The van der Waals surface area contributed by atoms with E-state index in [0.29, 0.717) is 13.2 Å². The molecule has 0 amide bonds. The maximum Gasteiger partial charge on any atom is 0.309 e. The molecule has 0 aromatic heterocycles. The molecule has 0 saturated heterocycles. The fourth-order valence-corrected chi connectivity index (χ4v) is 1.91. The third-order valence-electron chi connectivity index (χ3n) is 3.28. The van der Waals surface area contributed by atoms with E-state index in [1.807, 2.05) is 13.8 Å². The summed E-state index contributed by atoms with van der Waals surface area (Å²) in [5, 5.41) is 3.29. The molecule has 0 radical (unpaired) electrons. The molecule has 1 fully saturated rings. The van der Waals surface area contributed by atoms with Crippen molar-refractivity contribution < 1.29 is 14.3 Å². The number of ether oxygens (including phenoxy) is 2. The van der Waals surface area contributed by atoms with Gasteiger partial charge in [0.15, 0.2) is 0 Å². The van der Waals surface area contributed by atoms with Crippen molar-refractivity contribution in [1.82, 2.24) is 5.32 Å². The molecule has 1 unspecified atom stereocenters. The van der Waals surface area contributed by atoms with Crippen molar-refractivity contribution in [2.24, 2.45) is 5.92 Å². The summed E-state index contributed by atoms with van der Waals surface area (Å²) in [5.74, 6) is -0.219. The molecule has 1 saturated carbocycles. The summed E-state index contributed by atoms with van der Waals surface area (Å²) in [5.41, 5.74) is 0.0222. The summed E-state index contributed by atoms with van der Waals surface area (Å²) >= 11 is 0. The second-order valence-corrected chi connectivity index (χ2v) is 4.52. The van der Waals surface area contributed by atoms with Crippen LogP contribution in [0.25, 0.3) is 0 Å². The number of esters is 1. The van der Waals surface area contributed by atoms with Gasteiger partial charge in [-0.3, -0.25) is 4.79 Å². The highest BCUT2D eigenvalue weighted by molar-refractivity contribution is 5.72. The maximum absolute atomic E-state index is 11.4. The first kappa shape index (κ1) is 13.5. The summed E-state index contributed by atoms with van der Waals surface area (Å²) in [4.78, 5) is 11.4. The SMILES string of the molecule is CCOC(=O)C(C)CNCC1(OC)CCC1. The van der Waals surface area contributed by atoms with E-state index in [0.717, 1.165) is 19.4 Å². The number of hydrogen-bond acceptors (Lipinski definition) is 4. The number of methoxy groups -OCH3 is 1. The highest BCUT2D eigenvalue weighted by Gasteiger charge is 2.36. The molecule has 0 spiro atoms. The first-order chi connectivity index (χ1) is 7.63. The topological polar surface area (TPSA) is 47.6 Å².